The van der Waals surface area contributed by atoms with E-state index in [0.717, 1.165) is 17.1 Å². The lowest BCUT2D eigenvalue weighted by Gasteiger charge is -2.24. The maximum atomic E-state index is 10.2. The molecule has 4 heteroatoms. The SMILES string of the molecule is C[C@H](OC[C@H](O)C[NH+]1CCCCCCC1)c1ccc(Cl)cc1. The zero-order valence-corrected chi connectivity index (χ0v) is 14.3. The molecule has 1 heterocycles. The summed E-state index contributed by atoms with van der Waals surface area (Å²) < 4.78 is 5.82. The van der Waals surface area contributed by atoms with Gasteiger partial charge in [0.05, 0.1) is 25.8 Å². The van der Waals surface area contributed by atoms with Gasteiger partial charge in [-0.05, 0) is 50.3 Å². The Bertz CT molecular complexity index is 416. The van der Waals surface area contributed by atoms with Gasteiger partial charge in [0.25, 0.3) is 0 Å². The third kappa shape index (κ3) is 6.25. The fourth-order valence-corrected chi connectivity index (χ4v) is 3.21. The molecule has 0 spiro atoms. The van der Waals surface area contributed by atoms with Gasteiger partial charge in [-0.15, -0.1) is 0 Å². The van der Waals surface area contributed by atoms with E-state index in [4.69, 9.17) is 16.3 Å². The molecule has 22 heavy (non-hydrogen) atoms. The van der Waals surface area contributed by atoms with Gasteiger partial charge in [0.2, 0.25) is 0 Å². The number of quaternary nitrogens is 1. The molecule has 1 aromatic rings. The van der Waals surface area contributed by atoms with Crippen molar-refractivity contribution in [1.82, 2.24) is 0 Å². The molecule has 0 aromatic heterocycles. The molecule has 1 saturated heterocycles. The van der Waals surface area contributed by atoms with Crippen molar-refractivity contribution in [3.8, 4) is 0 Å². The molecule has 0 saturated carbocycles. The number of halogens is 1. The fraction of sp³-hybridized carbons (Fsp3) is 0.667. The smallest absolute Gasteiger partial charge is 0.126 e. The standard InChI is InChI=1S/C18H28ClNO2/c1-15(16-7-9-17(19)10-8-16)22-14-18(21)13-20-11-5-3-2-4-6-12-20/h7-10,15,18,21H,2-6,11-14H2,1H3/p+1/t15-,18+/m0/s1. The van der Waals surface area contributed by atoms with Crippen LogP contribution in [0, 0.1) is 0 Å². The van der Waals surface area contributed by atoms with E-state index in [1.807, 2.05) is 31.2 Å². The van der Waals surface area contributed by atoms with Crippen LogP contribution in [0.3, 0.4) is 0 Å². The summed E-state index contributed by atoms with van der Waals surface area (Å²) >= 11 is 5.89. The molecule has 2 N–H and O–H groups in total. The van der Waals surface area contributed by atoms with Crippen LogP contribution < -0.4 is 4.90 Å². The first kappa shape index (κ1) is 17.7. The van der Waals surface area contributed by atoms with E-state index in [-0.39, 0.29) is 12.2 Å². The van der Waals surface area contributed by atoms with Gasteiger partial charge < -0.3 is 14.7 Å². The van der Waals surface area contributed by atoms with Crippen LogP contribution in [-0.2, 0) is 4.74 Å². The normalized spacial score (nSPS) is 20.1. The summed E-state index contributed by atoms with van der Waals surface area (Å²) in [4.78, 5) is 1.52. The molecule has 1 aliphatic heterocycles. The monoisotopic (exact) mass is 326 g/mol. The average molecular weight is 327 g/mol. The van der Waals surface area contributed by atoms with Gasteiger partial charge in [-0.25, -0.2) is 0 Å². The van der Waals surface area contributed by atoms with Gasteiger partial charge in [-0.3, -0.25) is 0 Å². The molecule has 2 rings (SSSR count). The second kappa shape index (κ2) is 9.51. The number of rotatable bonds is 6. The number of likely N-dealkylation sites (tertiary alicyclic amines) is 1. The van der Waals surface area contributed by atoms with Crippen molar-refractivity contribution in [1.29, 1.82) is 0 Å². The number of ether oxygens (including phenoxy) is 1. The minimum atomic E-state index is -0.385. The minimum Gasteiger partial charge on any atom is -0.385 e. The summed E-state index contributed by atoms with van der Waals surface area (Å²) in [7, 11) is 0. The molecule has 0 unspecified atom stereocenters. The first-order valence-corrected chi connectivity index (χ1v) is 8.91. The van der Waals surface area contributed by atoms with Crippen LogP contribution in [0.15, 0.2) is 24.3 Å². The predicted molar refractivity (Wildman–Crippen MR) is 90.5 cm³/mol. The Morgan fingerprint density at radius 1 is 1.09 bits per heavy atom. The summed E-state index contributed by atoms with van der Waals surface area (Å²) in [5, 5.41) is 11.0. The quantitative estimate of drug-likeness (QED) is 0.842. The molecule has 2 atom stereocenters. The lowest BCUT2D eigenvalue weighted by Crippen LogP contribution is -3.13. The number of nitrogens with one attached hydrogen (secondary N) is 1. The van der Waals surface area contributed by atoms with E-state index >= 15 is 0 Å². The summed E-state index contributed by atoms with van der Waals surface area (Å²) in [5.74, 6) is 0. The fourth-order valence-electron chi connectivity index (χ4n) is 3.09. The maximum Gasteiger partial charge on any atom is 0.126 e. The highest BCUT2D eigenvalue weighted by Gasteiger charge is 2.17. The molecule has 1 fully saturated rings. The van der Waals surface area contributed by atoms with E-state index in [1.54, 1.807) is 0 Å². The van der Waals surface area contributed by atoms with Crippen molar-refractivity contribution < 1.29 is 14.7 Å². The molecule has 1 aliphatic rings. The lowest BCUT2D eigenvalue weighted by molar-refractivity contribution is -0.904. The van der Waals surface area contributed by atoms with Gasteiger partial charge in [-0.1, -0.05) is 30.2 Å². The van der Waals surface area contributed by atoms with Gasteiger partial charge >= 0.3 is 0 Å². The average Bonchev–Trinajstić information content (AvgIpc) is 2.48. The van der Waals surface area contributed by atoms with E-state index in [1.165, 1.54) is 50.1 Å². The van der Waals surface area contributed by atoms with Crippen LogP contribution in [0.5, 0.6) is 0 Å². The highest BCUT2D eigenvalue weighted by atomic mass is 35.5. The molecule has 1 aromatic carbocycles. The van der Waals surface area contributed by atoms with Crippen LogP contribution in [0.2, 0.25) is 5.02 Å². The van der Waals surface area contributed by atoms with Crippen molar-refractivity contribution in [2.45, 2.75) is 51.2 Å². The topological polar surface area (TPSA) is 33.9 Å². The largest absolute Gasteiger partial charge is 0.385 e. The summed E-state index contributed by atoms with van der Waals surface area (Å²) in [6.07, 6.45) is 6.21. The van der Waals surface area contributed by atoms with Crippen molar-refractivity contribution in [2.24, 2.45) is 0 Å². The first-order chi connectivity index (χ1) is 10.6. The van der Waals surface area contributed by atoms with Gasteiger partial charge in [0.15, 0.2) is 0 Å². The molecule has 0 bridgehead atoms. The van der Waals surface area contributed by atoms with Gasteiger partial charge in [0, 0.05) is 5.02 Å². The minimum absolute atomic E-state index is 0.0192. The third-order valence-electron chi connectivity index (χ3n) is 4.46. The van der Waals surface area contributed by atoms with E-state index < -0.39 is 0 Å². The zero-order valence-electron chi connectivity index (χ0n) is 13.6. The number of hydrogen-bond acceptors (Lipinski definition) is 2. The Hall–Kier alpha value is -0.610. The Kier molecular flexibility index (Phi) is 7.67. The molecular weight excluding hydrogens is 298 g/mol. The number of benzene rings is 1. The summed E-state index contributed by atoms with van der Waals surface area (Å²) in [6.45, 7) is 5.58. The summed E-state index contributed by atoms with van der Waals surface area (Å²) in [5.41, 5.74) is 1.09. The summed E-state index contributed by atoms with van der Waals surface area (Å²) in [6, 6.07) is 7.70. The maximum absolute atomic E-state index is 10.2. The molecule has 124 valence electrons. The second-order valence-corrected chi connectivity index (χ2v) is 6.84. The Morgan fingerprint density at radius 2 is 1.68 bits per heavy atom. The van der Waals surface area contributed by atoms with E-state index in [0.29, 0.717) is 6.61 Å². The number of aliphatic hydroxyl groups excluding tert-OH is 1. The Balaban J connectivity index is 1.71. The zero-order chi connectivity index (χ0) is 15.8. The van der Waals surface area contributed by atoms with Gasteiger partial charge in [-0.2, -0.15) is 0 Å². The van der Waals surface area contributed by atoms with Crippen LogP contribution in [-0.4, -0.2) is 37.5 Å². The highest BCUT2D eigenvalue weighted by molar-refractivity contribution is 6.30. The molecule has 0 aliphatic carbocycles. The molecule has 0 amide bonds. The third-order valence-corrected chi connectivity index (χ3v) is 4.71. The van der Waals surface area contributed by atoms with Crippen LogP contribution in [0.4, 0.5) is 0 Å². The lowest BCUT2D eigenvalue weighted by atomic mass is 10.1. The number of aliphatic hydroxyl groups is 1. The highest BCUT2D eigenvalue weighted by Crippen LogP contribution is 2.19. The molecule has 3 nitrogen and oxygen atoms in total. The number of hydrogen-bond donors (Lipinski definition) is 2. The van der Waals surface area contributed by atoms with E-state index in [2.05, 4.69) is 0 Å². The second-order valence-electron chi connectivity index (χ2n) is 6.40. The van der Waals surface area contributed by atoms with Crippen molar-refractivity contribution in [2.75, 3.05) is 26.2 Å². The van der Waals surface area contributed by atoms with Crippen molar-refractivity contribution >= 4 is 11.6 Å². The van der Waals surface area contributed by atoms with Crippen LogP contribution in [0.1, 0.15) is 50.7 Å². The van der Waals surface area contributed by atoms with Crippen molar-refractivity contribution in [3.05, 3.63) is 34.9 Å². The first-order valence-electron chi connectivity index (χ1n) is 8.54. The molecular formula is C18H29ClNO2+. The predicted octanol–water partition coefficient (Wildman–Crippen LogP) is 2.63. The van der Waals surface area contributed by atoms with Crippen molar-refractivity contribution in [3.63, 3.8) is 0 Å². The van der Waals surface area contributed by atoms with Gasteiger partial charge in [0.1, 0.15) is 12.6 Å². The Labute approximate surface area is 139 Å². The van der Waals surface area contributed by atoms with Crippen LogP contribution in [0.25, 0.3) is 0 Å². The Morgan fingerprint density at radius 3 is 2.32 bits per heavy atom. The van der Waals surface area contributed by atoms with E-state index in [9.17, 15) is 5.11 Å². The van der Waals surface area contributed by atoms with Crippen LogP contribution >= 0.6 is 11.6 Å². The molecule has 0 radical (unpaired) electrons.